The van der Waals surface area contributed by atoms with E-state index in [-0.39, 0.29) is 47.9 Å². The highest BCUT2D eigenvalue weighted by molar-refractivity contribution is 7.14. The van der Waals surface area contributed by atoms with Gasteiger partial charge in [0.2, 0.25) is 5.91 Å². The summed E-state index contributed by atoms with van der Waals surface area (Å²) in [7, 11) is 1.55. The van der Waals surface area contributed by atoms with Crippen LogP contribution in [0.1, 0.15) is 56.9 Å². The van der Waals surface area contributed by atoms with E-state index in [4.69, 9.17) is 4.74 Å². The van der Waals surface area contributed by atoms with Crippen molar-refractivity contribution in [1.29, 1.82) is 0 Å². The van der Waals surface area contributed by atoms with E-state index in [1.807, 2.05) is 4.90 Å². The minimum absolute atomic E-state index is 0.00255. The quantitative estimate of drug-likeness (QED) is 0.183. The molecule has 0 saturated carbocycles. The second-order valence-corrected chi connectivity index (χ2v) is 16.2. The molecule has 306 valence electrons. The number of aliphatic hydroxyl groups is 1. The maximum Gasteiger partial charge on any atom is 0.409 e. The number of anilines is 5. The number of piperazine rings is 1. The highest BCUT2D eigenvalue weighted by Crippen LogP contribution is 2.41. The van der Waals surface area contributed by atoms with Gasteiger partial charge in [-0.3, -0.25) is 24.2 Å². The largest absolute Gasteiger partial charge is 0.409 e. The van der Waals surface area contributed by atoms with Gasteiger partial charge in [-0.15, -0.1) is 11.3 Å². The molecule has 1 atom stereocenters. The molecule has 8 rings (SSSR count). The first kappa shape index (κ1) is 39.7. The first-order valence-corrected chi connectivity index (χ1v) is 20.4. The zero-order valence-corrected chi connectivity index (χ0v) is 32.9. The third-order valence-corrected chi connectivity index (χ3v) is 12.9. The van der Waals surface area contributed by atoms with Gasteiger partial charge in [0.1, 0.15) is 11.9 Å². The third kappa shape index (κ3) is 7.63. The highest BCUT2D eigenvalue weighted by atomic mass is 32.1. The lowest BCUT2D eigenvalue weighted by molar-refractivity contribution is -0.159. The lowest BCUT2D eigenvalue weighted by Crippen LogP contribution is -2.61. The molecule has 4 aliphatic rings. The monoisotopic (exact) mass is 818 g/mol. The zero-order valence-electron chi connectivity index (χ0n) is 32.1. The van der Waals surface area contributed by atoms with Crippen molar-refractivity contribution in [2.45, 2.75) is 69.8 Å². The summed E-state index contributed by atoms with van der Waals surface area (Å²) in [6.45, 7) is 4.71. The molecular formula is C41H45F3N8O5S. The normalized spacial score (nSPS) is 19.1. The summed E-state index contributed by atoms with van der Waals surface area (Å²) < 4.78 is 50.9. The van der Waals surface area contributed by atoms with Crippen LogP contribution in [0.4, 0.5) is 41.9 Å². The van der Waals surface area contributed by atoms with Crippen LogP contribution >= 0.6 is 11.3 Å². The fraction of sp³-hybridized carbons (Fsp3) is 0.439. The van der Waals surface area contributed by atoms with E-state index >= 15 is 0 Å². The average Bonchev–Trinajstić information content (AvgIpc) is 3.62. The van der Waals surface area contributed by atoms with Crippen LogP contribution in [-0.2, 0) is 42.4 Å². The van der Waals surface area contributed by atoms with Crippen LogP contribution in [0.3, 0.4) is 0 Å². The number of ether oxygens (including phenoxy) is 1. The topological polar surface area (TPSA) is 145 Å². The number of carbonyl (C=O) groups excluding carboxylic acids is 2. The molecule has 0 bridgehead atoms. The van der Waals surface area contributed by atoms with Crippen molar-refractivity contribution >= 4 is 51.8 Å². The van der Waals surface area contributed by atoms with E-state index in [1.165, 1.54) is 50.5 Å². The number of aromatic nitrogens is 3. The Kier molecular flexibility index (Phi) is 11.1. The van der Waals surface area contributed by atoms with Crippen LogP contribution in [0.2, 0.25) is 0 Å². The molecule has 1 aromatic carbocycles. The second kappa shape index (κ2) is 16.3. The fourth-order valence-corrected chi connectivity index (χ4v) is 10.1. The molecule has 17 heteroatoms. The number of fused-ring (bicyclic) bond motifs is 3. The van der Waals surface area contributed by atoms with Crippen molar-refractivity contribution < 1.29 is 32.6 Å². The zero-order chi connectivity index (χ0) is 40.7. The predicted octanol–water partition coefficient (Wildman–Crippen LogP) is 5.58. The van der Waals surface area contributed by atoms with Crippen molar-refractivity contribution in [3.63, 3.8) is 0 Å². The van der Waals surface area contributed by atoms with E-state index in [1.54, 1.807) is 29.4 Å². The molecular weight excluding hydrogens is 774 g/mol. The molecule has 1 aliphatic carbocycles. The Bertz CT molecular complexity index is 2310. The van der Waals surface area contributed by atoms with Gasteiger partial charge in [0.05, 0.1) is 28.6 Å². The number of pyridine rings is 1. The number of hydrogen-bond acceptors (Lipinski definition) is 11. The van der Waals surface area contributed by atoms with Crippen molar-refractivity contribution in [2.24, 2.45) is 7.05 Å². The van der Waals surface area contributed by atoms with Gasteiger partial charge < -0.3 is 29.9 Å². The average molecular weight is 819 g/mol. The Hall–Kier alpha value is -5.10. The van der Waals surface area contributed by atoms with Crippen molar-refractivity contribution in [1.82, 2.24) is 19.4 Å². The molecule has 58 heavy (non-hydrogen) atoms. The maximum atomic E-state index is 14.7. The summed E-state index contributed by atoms with van der Waals surface area (Å²) in [6.07, 6.45) is 5.74. The summed E-state index contributed by atoms with van der Waals surface area (Å²) in [6, 6.07) is 4.31. The van der Waals surface area contributed by atoms with Gasteiger partial charge in [0.25, 0.3) is 11.5 Å². The standard InChI is InChI=1S/C41H45F3N8O5S/c1-3-35(54)47-30-20-24(8-9-32(30)51-17-16-50(22-34(51)41(42,43)44)25-12-18-57-19-13-25)46-37-40(56)49(2)21-31(48-37)26-10-14-45-38(29(26)23-53)52-15-11-28-27-6-4-5-7-33(27)58-36(28)39(52)55/h3,8-10,14,20-21,25,34,53H,1,4-7,11-13,15-19,22-23H2,2H3,(H,46,48)(H,47,54)/t34-/m1/s1. The Morgan fingerprint density at radius 1 is 1.09 bits per heavy atom. The summed E-state index contributed by atoms with van der Waals surface area (Å²) in [5.41, 5.74) is 3.62. The van der Waals surface area contributed by atoms with Crippen LogP contribution in [0, 0.1) is 0 Å². The number of aryl methyl sites for hydroxylation is 2. The minimum Gasteiger partial charge on any atom is -0.392 e. The number of hydrogen-bond donors (Lipinski definition) is 3. The van der Waals surface area contributed by atoms with Gasteiger partial charge in [0, 0.05) is 86.6 Å². The number of aliphatic hydroxyl groups excluding tert-OH is 1. The van der Waals surface area contributed by atoms with Gasteiger partial charge in [-0.1, -0.05) is 6.58 Å². The number of amides is 2. The first-order chi connectivity index (χ1) is 27.9. The Morgan fingerprint density at radius 2 is 1.88 bits per heavy atom. The lowest BCUT2D eigenvalue weighted by Gasteiger charge is -2.47. The molecule has 6 heterocycles. The van der Waals surface area contributed by atoms with Gasteiger partial charge in [0.15, 0.2) is 5.82 Å². The van der Waals surface area contributed by atoms with Gasteiger partial charge in [-0.25, -0.2) is 9.97 Å². The Morgan fingerprint density at radius 3 is 2.64 bits per heavy atom. The first-order valence-electron chi connectivity index (χ1n) is 19.6. The molecule has 3 aromatic heterocycles. The van der Waals surface area contributed by atoms with E-state index in [2.05, 4.69) is 27.2 Å². The minimum atomic E-state index is -4.56. The summed E-state index contributed by atoms with van der Waals surface area (Å²) in [5.74, 6) is -0.569. The second-order valence-electron chi connectivity index (χ2n) is 15.1. The predicted molar refractivity (Wildman–Crippen MR) is 216 cm³/mol. The van der Waals surface area contributed by atoms with Crippen molar-refractivity contribution in [3.05, 3.63) is 86.1 Å². The van der Waals surface area contributed by atoms with Gasteiger partial charge >= 0.3 is 6.18 Å². The number of alkyl halides is 3. The maximum absolute atomic E-state index is 14.7. The number of carbonyl (C=O) groups is 2. The molecule has 13 nitrogen and oxygen atoms in total. The molecule has 2 fully saturated rings. The van der Waals surface area contributed by atoms with Crippen molar-refractivity contribution in [3.8, 4) is 11.3 Å². The molecule has 2 amide bonds. The number of benzene rings is 1. The van der Waals surface area contributed by atoms with E-state index in [0.29, 0.717) is 68.2 Å². The lowest BCUT2D eigenvalue weighted by atomic mass is 9.92. The molecule has 3 N–H and O–H groups in total. The smallest absolute Gasteiger partial charge is 0.392 e. The van der Waals surface area contributed by atoms with Crippen LogP contribution in [0.15, 0.2) is 54.1 Å². The molecule has 0 radical (unpaired) electrons. The number of nitrogens with zero attached hydrogens (tertiary/aromatic N) is 6. The number of rotatable bonds is 9. The molecule has 0 unspecified atom stereocenters. The van der Waals surface area contributed by atoms with Crippen LogP contribution in [0.5, 0.6) is 0 Å². The van der Waals surface area contributed by atoms with Crippen molar-refractivity contribution in [2.75, 3.05) is 59.8 Å². The van der Waals surface area contributed by atoms with E-state index in [9.17, 15) is 32.7 Å². The summed E-state index contributed by atoms with van der Waals surface area (Å²) in [5, 5.41) is 16.4. The van der Waals surface area contributed by atoms with E-state index in [0.717, 1.165) is 42.2 Å². The molecule has 0 spiro atoms. The highest BCUT2D eigenvalue weighted by Gasteiger charge is 2.48. The summed E-state index contributed by atoms with van der Waals surface area (Å²) >= 11 is 1.56. The summed E-state index contributed by atoms with van der Waals surface area (Å²) in [4.78, 5) is 56.0. The van der Waals surface area contributed by atoms with Gasteiger partial charge in [-0.2, -0.15) is 13.2 Å². The van der Waals surface area contributed by atoms with E-state index < -0.39 is 30.3 Å². The van der Waals surface area contributed by atoms with Crippen LogP contribution < -0.4 is 26.0 Å². The number of halogens is 3. The molecule has 3 aliphatic heterocycles. The van der Waals surface area contributed by atoms with Crippen LogP contribution in [0.25, 0.3) is 11.3 Å². The SMILES string of the molecule is C=CC(=O)Nc1cc(Nc2nc(-c3ccnc(N4CCc5c(sc6c5CCCC6)C4=O)c3CO)cn(C)c2=O)ccc1N1CCN(C2CCOCC2)C[C@@H]1C(F)(F)F. The third-order valence-electron chi connectivity index (χ3n) is 11.6. The van der Waals surface area contributed by atoms with Gasteiger partial charge in [-0.05, 0) is 86.4 Å². The van der Waals surface area contributed by atoms with Crippen LogP contribution in [-0.4, -0.2) is 94.0 Å². The molecule has 2 saturated heterocycles. The number of thiophene rings is 1. The molecule has 4 aromatic rings. The number of nitrogens with one attached hydrogen (secondary N) is 2. The fourth-order valence-electron chi connectivity index (χ4n) is 8.68. The Labute approximate surface area is 337 Å². The Balaban J connectivity index is 1.10.